The van der Waals surface area contributed by atoms with Crippen molar-refractivity contribution in [1.82, 2.24) is 5.32 Å². The van der Waals surface area contributed by atoms with Gasteiger partial charge in [0.25, 0.3) is 0 Å². The molecular formula is C19H26F3NO2. The van der Waals surface area contributed by atoms with Gasteiger partial charge in [-0.25, -0.2) is 13.2 Å². The SMILES string of the molecule is COC(=O)C(c1cc(C(C)C)cc(F)c1CC(F)F)C1CCNCC1. The molecule has 1 N–H and O–H groups in total. The van der Waals surface area contributed by atoms with Crippen LogP contribution in [0.1, 0.15) is 55.2 Å². The van der Waals surface area contributed by atoms with Gasteiger partial charge in [0.05, 0.1) is 13.0 Å². The van der Waals surface area contributed by atoms with Crippen molar-refractivity contribution in [2.45, 2.75) is 51.4 Å². The standard InChI is InChI=1S/C19H26F3NO2/c1-11(2)13-8-15(14(10-17(21)22)16(20)9-13)18(19(24)25-3)12-4-6-23-7-5-12/h8-9,11-12,17-18,23H,4-7,10H2,1-3H3. The van der Waals surface area contributed by atoms with Gasteiger partial charge in [0, 0.05) is 6.42 Å². The third kappa shape index (κ3) is 4.75. The lowest BCUT2D eigenvalue weighted by Gasteiger charge is -2.31. The number of methoxy groups -OCH3 is 1. The predicted molar refractivity (Wildman–Crippen MR) is 90.5 cm³/mol. The Hall–Kier alpha value is -1.56. The number of alkyl halides is 2. The quantitative estimate of drug-likeness (QED) is 0.782. The highest BCUT2D eigenvalue weighted by Gasteiger charge is 2.35. The largest absolute Gasteiger partial charge is 0.469 e. The van der Waals surface area contributed by atoms with Gasteiger partial charge in [-0.1, -0.05) is 19.9 Å². The number of ether oxygens (including phenoxy) is 1. The molecule has 1 aromatic carbocycles. The van der Waals surface area contributed by atoms with E-state index in [9.17, 15) is 18.0 Å². The minimum atomic E-state index is -2.68. The molecule has 0 aliphatic carbocycles. The lowest BCUT2D eigenvalue weighted by molar-refractivity contribution is -0.144. The molecule has 1 aliphatic rings. The third-order valence-corrected chi connectivity index (χ3v) is 4.92. The number of nitrogens with one attached hydrogen (secondary N) is 1. The highest BCUT2D eigenvalue weighted by Crippen LogP contribution is 2.37. The number of esters is 1. The third-order valence-electron chi connectivity index (χ3n) is 4.92. The molecule has 1 aliphatic heterocycles. The smallest absolute Gasteiger partial charge is 0.313 e. The number of hydrogen-bond donors (Lipinski definition) is 1. The summed E-state index contributed by atoms with van der Waals surface area (Å²) in [7, 11) is 1.28. The van der Waals surface area contributed by atoms with Crippen molar-refractivity contribution in [1.29, 1.82) is 0 Å². The molecule has 1 atom stereocenters. The Morgan fingerprint density at radius 3 is 2.44 bits per heavy atom. The summed E-state index contributed by atoms with van der Waals surface area (Å²) in [5.74, 6) is -1.88. The van der Waals surface area contributed by atoms with Crippen LogP contribution >= 0.6 is 0 Å². The van der Waals surface area contributed by atoms with Crippen LogP contribution in [-0.4, -0.2) is 32.6 Å². The van der Waals surface area contributed by atoms with E-state index in [-0.39, 0.29) is 17.4 Å². The zero-order chi connectivity index (χ0) is 18.6. The summed E-state index contributed by atoms with van der Waals surface area (Å²) in [4.78, 5) is 12.5. The predicted octanol–water partition coefficient (Wildman–Crippen LogP) is 4.01. The van der Waals surface area contributed by atoms with E-state index in [4.69, 9.17) is 4.74 Å². The first-order chi connectivity index (χ1) is 11.8. The van der Waals surface area contributed by atoms with E-state index in [1.165, 1.54) is 13.2 Å². The van der Waals surface area contributed by atoms with Crippen LogP contribution in [0.3, 0.4) is 0 Å². The number of halogens is 3. The Labute approximate surface area is 146 Å². The van der Waals surface area contributed by atoms with Crippen LogP contribution in [0.25, 0.3) is 0 Å². The minimum Gasteiger partial charge on any atom is -0.469 e. The Bertz CT molecular complexity index is 599. The minimum absolute atomic E-state index is 0.0279. The molecular weight excluding hydrogens is 331 g/mol. The number of carbonyl (C=O) groups excluding carboxylic acids is 1. The van der Waals surface area contributed by atoms with E-state index < -0.39 is 30.6 Å². The Balaban J connectivity index is 2.57. The summed E-state index contributed by atoms with van der Waals surface area (Å²) in [6.07, 6.45) is -1.93. The van der Waals surface area contributed by atoms with Crippen LogP contribution in [0.4, 0.5) is 13.2 Å². The summed E-state index contributed by atoms with van der Waals surface area (Å²) in [6.45, 7) is 5.30. The number of piperidine rings is 1. The van der Waals surface area contributed by atoms with Gasteiger partial charge in [0.1, 0.15) is 5.82 Å². The Morgan fingerprint density at radius 2 is 1.92 bits per heavy atom. The average Bonchev–Trinajstić information content (AvgIpc) is 2.58. The molecule has 0 spiro atoms. The molecule has 1 aromatic rings. The van der Waals surface area contributed by atoms with Crippen LogP contribution in [0, 0.1) is 11.7 Å². The fraction of sp³-hybridized carbons (Fsp3) is 0.632. The topological polar surface area (TPSA) is 38.3 Å². The van der Waals surface area contributed by atoms with E-state index in [0.29, 0.717) is 11.1 Å². The maximum absolute atomic E-state index is 14.6. The fourth-order valence-electron chi connectivity index (χ4n) is 3.54. The highest BCUT2D eigenvalue weighted by molar-refractivity contribution is 5.79. The number of benzene rings is 1. The molecule has 1 saturated heterocycles. The molecule has 0 radical (unpaired) electrons. The van der Waals surface area contributed by atoms with Gasteiger partial charge >= 0.3 is 5.97 Å². The van der Waals surface area contributed by atoms with Crippen LogP contribution in [0.15, 0.2) is 12.1 Å². The number of hydrogen-bond acceptors (Lipinski definition) is 3. The van der Waals surface area contributed by atoms with E-state index in [0.717, 1.165) is 25.9 Å². The first-order valence-electron chi connectivity index (χ1n) is 8.74. The maximum atomic E-state index is 14.6. The van der Waals surface area contributed by atoms with Crippen LogP contribution in [-0.2, 0) is 16.0 Å². The molecule has 140 valence electrons. The second-order valence-electron chi connectivity index (χ2n) is 6.91. The maximum Gasteiger partial charge on any atom is 0.313 e. The van der Waals surface area contributed by atoms with Gasteiger partial charge in [-0.05, 0) is 60.5 Å². The van der Waals surface area contributed by atoms with Crippen molar-refractivity contribution >= 4 is 5.97 Å². The zero-order valence-electron chi connectivity index (χ0n) is 15.0. The molecule has 2 rings (SSSR count). The van der Waals surface area contributed by atoms with Crippen molar-refractivity contribution in [3.05, 3.63) is 34.6 Å². The second-order valence-corrected chi connectivity index (χ2v) is 6.91. The zero-order valence-corrected chi connectivity index (χ0v) is 15.0. The molecule has 6 heteroatoms. The van der Waals surface area contributed by atoms with Crippen LogP contribution in [0.5, 0.6) is 0 Å². The summed E-state index contributed by atoms with van der Waals surface area (Å²) in [6, 6.07) is 3.03. The molecule has 3 nitrogen and oxygen atoms in total. The van der Waals surface area contributed by atoms with Gasteiger partial charge in [0.15, 0.2) is 0 Å². The molecule has 25 heavy (non-hydrogen) atoms. The van der Waals surface area contributed by atoms with Crippen LogP contribution in [0.2, 0.25) is 0 Å². The fourth-order valence-corrected chi connectivity index (χ4v) is 3.54. The molecule has 0 saturated carbocycles. The van der Waals surface area contributed by atoms with Crippen LogP contribution < -0.4 is 5.32 Å². The van der Waals surface area contributed by atoms with E-state index in [1.807, 2.05) is 13.8 Å². The lowest BCUT2D eigenvalue weighted by Crippen LogP contribution is -2.34. The average molecular weight is 357 g/mol. The summed E-state index contributed by atoms with van der Waals surface area (Å²) in [5, 5.41) is 3.22. The van der Waals surface area contributed by atoms with Crippen molar-refractivity contribution in [2.75, 3.05) is 20.2 Å². The molecule has 0 amide bonds. The number of rotatable bonds is 6. The van der Waals surface area contributed by atoms with Crippen molar-refractivity contribution in [2.24, 2.45) is 5.92 Å². The van der Waals surface area contributed by atoms with E-state index >= 15 is 0 Å². The molecule has 1 unspecified atom stereocenters. The first-order valence-corrected chi connectivity index (χ1v) is 8.74. The molecule has 0 bridgehead atoms. The molecule has 1 fully saturated rings. The van der Waals surface area contributed by atoms with Gasteiger partial charge in [-0.3, -0.25) is 4.79 Å². The van der Waals surface area contributed by atoms with Crippen molar-refractivity contribution < 1.29 is 22.7 Å². The van der Waals surface area contributed by atoms with Gasteiger partial charge in [0.2, 0.25) is 6.43 Å². The highest BCUT2D eigenvalue weighted by atomic mass is 19.3. The van der Waals surface area contributed by atoms with Gasteiger partial charge in [-0.15, -0.1) is 0 Å². The van der Waals surface area contributed by atoms with Gasteiger partial charge in [-0.2, -0.15) is 0 Å². The molecule has 0 aromatic heterocycles. The first kappa shape index (κ1) is 19.8. The summed E-state index contributed by atoms with van der Waals surface area (Å²) in [5.41, 5.74) is 1.00. The van der Waals surface area contributed by atoms with Gasteiger partial charge < -0.3 is 10.1 Å². The Morgan fingerprint density at radius 1 is 1.28 bits per heavy atom. The van der Waals surface area contributed by atoms with E-state index in [1.54, 1.807) is 6.07 Å². The summed E-state index contributed by atoms with van der Waals surface area (Å²) >= 11 is 0. The lowest BCUT2D eigenvalue weighted by atomic mass is 9.77. The monoisotopic (exact) mass is 357 g/mol. The summed E-state index contributed by atoms with van der Waals surface area (Å²) < 4.78 is 45.7. The van der Waals surface area contributed by atoms with Crippen molar-refractivity contribution in [3.8, 4) is 0 Å². The van der Waals surface area contributed by atoms with E-state index in [2.05, 4.69) is 5.32 Å². The normalized spacial score (nSPS) is 17.1. The van der Waals surface area contributed by atoms with Crippen molar-refractivity contribution in [3.63, 3.8) is 0 Å². The Kier molecular flexibility index (Phi) is 6.87. The number of carbonyl (C=O) groups is 1. The second kappa shape index (κ2) is 8.70. The molecule has 1 heterocycles.